The van der Waals surface area contributed by atoms with Crippen LogP contribution in [0.2, 0.25) is 0 Å². The van der Waals surface area contributed by atoms with Crippen LogP contribution in [-0.2, 0) is 4.79 Å². The van der Waals surface area contributed by atoms with Gasteiger partial charge in [-0.2, -0.15) is 0 Å². The van der Waals surface area contributed by atoms with Crippen LogP contribution in [0.4, 0.5) is 0 Å². The third-order valence-electron chi connectivity index (χ3n) is 2.47. The van der Waals surface area contributed by atoms with E-state index >= 15 is 0 Å². The molecule has 0 aromatic rings. The van der Waals surface area contributed by atoms with Gasteiger partial charge in [-0.05, 0) is 18.8 Å². The fourth-order valence-corrected chi connectivity index (χ4v) is 1.83. The number of nitrogens with zero attached hydrogens (tertiary/aromatic N) is 1. The highest BCUT2D eigenvalue weighted by Gasteiger charge is 2.21. The minimum absolute atomic E-state index is 0.133. The zero-order chi connectivity index (χ0) is 9.84. The first-order valence-corrected chi connectivity index (χ1v) is 4.68. The number of hydrogen-bond acceptors (Lipinski definition) is 2. The Hall–Kier alpha value is -1.06. The molecule has 0 aliphatic carbocycles. The number of amidine groups is 1. The molecule has 0 bridgehead atoms. The molecule has 1 unspecified atom stereocenters. The van der Waals surface area contributed by atoms with Crippen molar-refractivity contribution >= 4 is 11.7 Å². The summed E-state index contributed by atoms with van der Waals surface area (Å²) in [6, 6.07) is 0. The SMILES string of the molecule is CC(=O)N1CCCC(CC(=N)N)C1. The highest BCUT2D eigenvalue weighted by Crippen LogP contribution is 2.19. The molecule has 74 valence electrons. The van der Waals surface area contributed by atoms with Crippen LogP contribution in [0.3, 0.4) is 0 Å². The Bertz CT molecular complexity index is 215. The van der Waals surface area contributed by atoms with Gasteiger partial charge in [-0.3, -0.25) is 10.2 Å². The lowest BCUT2D eigenvalue weighted by molar-refractivity contribution is -0.130. The van der Waals surface area contributed by atoms with E-state index in [2.05, 4.69) is 0 Å². The molecule has 0 radical (unpaired) electrons. The van der Waals surface area contributed by atoms with Crippen LogP contribution < -0.4 is 5.73 Å². The first-order chi connectivity index (χ1) is 6.09. The number of amides is 1. The maximum Gasteiger partial charge on any atom is 0.219 e. The minimum atomic E-state index is 0.133. The van der Waals surface area contributed by atoms with Gasteiger partial charge in [0.25, 0.3) is 0 Å². The lowest BCUT2D eigenvalue weighted by Crippen LogP contribution is -2.39. The molecule has 0 aromatic carbocycles. The fourth-order valence-electron chi connectivity index (χ4n) is 1.83. The molecule has 1 saturated heterocycles. The second-order valence-electron chi connectivity index (χ2n) is 3.70. The van der Waals surface area contributed by atoms with Crippen molar-refractivity contribution < 1.29 is 4.79 Å². The third kappa shape index (κ3) is 3.05. The van der Waals surface area contributed by atoms with Crippen molar-refractivity contribution in [3.05, 3.63) is 0 Å². The van der Waals surface area contributed by atoms with Crippen LogP contribution >= 0.6 is 0 Å². The van der Waals surface area contributed by atoms with E-state index in [4.69, 9.17) is 11.1 Å². The molecule has 1 amide bonds. The quantitative estimate of drug-likeness (QED) is 0.485. The van der Waals surface area contributed by atoms with E-state index < -0.39 is 0 Å². The number of nitrogens with two attached hydrogens (primary N) is 1. The number of rotatable bonds is 2. The molecule has 1 aliphatic heterocycles. The minimum Gasteiger partial charge on any atom is -0.388 e. The Morgan fingerprint density at radius 3 is 2.92 bits per heavy atom. The zero-order valence-electron chi connectivity index (χ0n) is 8.05. The van der Waals surface area contributed by atoms with E-state index in [0.717, 1.165) is 25.9 Å². The second-order valence-corrected chi connectivity index (χ2v) is 3.70. The summed E-state index contributed by atoms with van der Waals surface area (Å²) in [5.74, 6) is 0.763. The van der Waals surface area contributed by atoms with Crippen LogP contribution in [0.15, 0.2) is 0 Å². The van der Waals surface area contributed by atoms with Crippen LogP contribution in [0.5, 0.6) is 0 Å². The first kappa shape index (κ1) is 10.0. The number of carbonyl (C=O) groups excluding carboxylic acids is 1. The van der Waals surface area contributed by atoms with Gasteiger partial charge >= 0.3 is 0 Å². The van der Waals surface area contributed by atoms with Gasteiger partial charge in [-0.15, -0.1) is 0 Å². The second kappa shape index (κ2) is 4.25. The van der Waals surface area contributed by atoms with E-state index in [9.17, 15) is 4.79 Å². The molecule has 13 heavy (non-hydrogen) atoms. The molecule has 1 fully saturated rings. The molecule has 0 aromatic heterocycles. The highest BCUT2D eigenvalue weighted by atomic mass is 16.2. The summed E-state index contributed by atoms with van der Waals surface area (Å²) >= 11 is 0. The molecular formula is C9H17N3O. The molecule has 1 rings (SSSR count). The average molecular weight is 183 g/mol. The van der Waals surface area contributed by atoms with Crippen molar-refractivity contribution in [1.82, 2.24) is 4.90 Å². The van der Waals surface area contributed by atoms with E-state index in [-0.39, 0.29) is 11.7 Å². The maximum absolute atomic E-state index is 11.1. The van der Waals surface area contributed by atoms with Crippen LogP contribution in [0, 0.1) is 11.3 Å². The predicted molar refractivity (Wildman–Crippen MR) is 51.5 cm³/mol. The summed E-state index contributed by atoms with van der Waals surface area (Å²) in [4.78, 5) is 12.9. The van der Waals surface area contributed by atoms with E-state index in [1.807, 2.05) is 4.90 Å². The van der Waals surface area contributed by atoms with Crippen LogP contribution in [0.1, 0.15) is 26.2 Å². The van der Waals surface area contributed by atoms with Gasteiger partial charge in [0.1, 0.15) is 0 Å². The van der Waals surface area contributed by atoms with Crippen molar-refractivity contribution in [3.63, 3.8) is 0 Å². The predicted octanol–water partition coefficient (Wildman–Crippen LogP) is 0.571. The zero-order valence-corrected chi connectivity index (χ0v) is 8.05. The molecule has 1 atom stereocenters. The van der Waals surface area contributed by atoms with Gasteiger partial charge in [0.2, 0.25) is 5.91 Å². The molecule has 0 saturated carbocycles. The topological polar surface area (TPSA) is 70.2 Å². The summed E-state index contributed by atoms with van der Waals surface area (Å²) in [6.45, 7) is 3.23. The lowest BCUT2D eigenvalue weighted by atomic mass is 9.94. The maximum atomic E-state index is 11.1. The van der Waals surface area contributed by atoms with Crippen LogP contribution in [-0.4, -0.2) is 29.7 Å². The van der Waals surface area contributed by atoms with Crippen molar-refractivity contribution in [2.75, 3.05) is 13.1 Å². The Morgan fingerprint density at radius 1 is 1.69 bits per heavy atom. The lowest BCUT2D eigenvalue weighted by Gasteiger charge is -2.31. The molecular weight excluding hydrogens is 166 g/mol. The van der Waals surface area contributed by atoms with Crippen molar-refractivity contribution in [3.8, 4) is 0 Å². The number of carbonyl (C=O) groups is 1. The van der Waals surface area contributed by atoms with Gasteiger partial charge in [-0.1, -0.05) is 0 Å². The number of likely N-dealkylation sites (tertiary alicyclic amines) is 1. The molecule has 0 spiro atoms. The average Bonchev–Trinajstić information content (AvgIpc) is 2.03. The van der Waals surface area contributed by atoms with E-state index in [1.165, 1.54) is 0 Å². The molecule has 4 heteroatoms. The summed E-state index contributed by atoms with van der Waals surface area (Å²) in [7, 11) is 0. The standard InChI is InChI=1S/C9H17N3O/c1-7(13)12-4-2-3-8(6-12)5-9(10)11/h8H,2-6H2,1H3,(H3,10,11). The van der Waals surface area contributed by atoms with Gasteiger partial charge in [0, 0.05) is 26.4 Å². The number of hydrogen-bond donors (Lipinski definition) is 2. The third-order valence-corrected chi connectivity index (χ3v) is 2.47. The van der Waals surface area contributed by atoms with Crippen molar-refractivity contribution in [2.24, 2.45) is 11.7 Å². The monoisotopic (exact) mass is 183 g/mol. The van der Waals surface area contributed by atoms with E-state index in [0.29, 0.717) is 12.3 Å². The first-order valence-electron chi connectivity index (χ1n) is 4.68. The smallest absolute Gasteiger partial charge is 0.219 e. The van der Waals surface area contributed by atoms with Crippen LogP contribution in [0.25, 0.3) is 0 Å². The molecule has 1 heterocycles. The summed E-state index contributed by atoms with van der Waals surface area (Å²) in [5.41, 5.74) is 5.32. The molecule has 4 nitrogen and oxygen atoms in total. The Balaban J connectivity index is 2.41. The van der Waals surface area contributed by atoms with Crippen molar-refractivity contribution in [1.29, 1.82) is 5.41 Å². The largest absolute Gasteiger partial charge is 0.388 e. The summed E-state index contributed by atoms with van der Waals surface area (Å²) in [6.07, 6.45) is 2.75. The van der Waals surface area contributed by atoms with Gasteiger partial charge in [-0.25, -0.2) is 0 Å². The Labute approximate surface area is 78.6 Å². The summed E-state index contributed by atoms with van der Waals surface area (Å²) < 4.78 is 0. The molecule has 3 N–H and O–H groups in total. The number of nitrogens with one attached hydrogen (secondary N) is 1. The Morgan fingerprint density at radius 2 is 2.38 bits per heavy atom. The Kier molecular flexibility index (Phi) is 3.28. The normalized spacial score (nSPS) is 22.8. The van der Waals surface area contributed by atoms with Gasteiger partial charge in [0.05, 0.1) is 5.84 Å². The summed E-state index contributed by atoms with van der Waals surface area (Å²) in [5, 5.41) is 7.18. The van der Waals surface area contributed by atoms with Crippen molar-refractivity contribution in [2.45, 2.75) is 26.2 Å². The molecule has 1 aliphatic rings. The number of piperidine rings is 1. The fraction of sp³-hybridized carbons (Fsp3) is 0.778. The van der Waals surface area contributed by atoms with E-state index in [1.54, 1.807) is 6.92 Å². The highest BCUT2D eigenvalue weighted by molar-refractivity contribution is 5.77. The van der Waals surface area contributed by atoms with Gasteiger partial charge < -0.3 is 10.6 Å². The van der Waals surface area contributed by atoms with Gasteiger partial charge in [0.15, 0.2) is 0 Å².